The van der Waals surface area contributed by atoms with E-state index < -0.39 is 0 Å². The third kappa shape index (κ3) is 4.65. The maximum absolute atomic E-state index is 6.74. The normalized spacial score (nSPS) is 12.2. The molecule has 0 spiro atoms. The number of rotatable bonds is 4. The molecule has 0 aliphatic carbocycles. The van der Waals surface area contributed by atoms with Gasteiger partial charge in [0.15, 0.2) is 0 Å². The fourth-order valence-electron chi connectivity index (χ4n) is 7.95. The molecule has 10 aromatic rings. The summed E-state index contributed by atoms with van der Waals surface area (Å²) in [6.07, 6.45) is 0. The minimum Gasteiger partial charge on any atom is -0.456 e. The topological polar surface area (TPSA) is 29.5 Å². The Balaban J connectivity index is 1.25. The van der Waals surface area contributed by atoms with Crippen LogP contribution in [-0.2, 0) is 5.41 Å². The molecule has 0 aliphatic heterocycles. The molecular weight excluding hydrogens is 623 g/mol. The van der Waals surface area contributed by atoms with Gasteiger partial charge in [0, 0.05) is 56.0 Å². The van der Waals surface area contributed by atoms with Gasteiger partial charge in [0.2, 0.25) is 0 Å². The van der Waals surface area contributed by atoms with Crippen molar-refractivity contribution in [2.24, 2.45) is 0 Å². The first-order chi connectivity index (χ1) is 24.9. The van der Waals surface area contributed by atoms with E-state index in [1.807, 2.05) is 0 Å². The lowest BCUT2D eigenvalue weighted by Gasteiger charge is -2.27. The van der Waals surface area contributed by atoms with E-state index in [9.17, 15) is 0 Å². The van der Waals surface area contributed by atoms with Crippen molar-refractivity contribution in [2.75, 3.05) is 4.90 Å². The van der Waals surface area contributed by atoms with Gasteiger partial charge in [-0.2, -0.15) is 0 Å². The molecule has 0 saturated heterocycles. The van der Waals surface area contributed by atoms with Gasteiger partial charge in [-0.15, -0.1) is 0 Å². The minimum atomic E-state index is -0.0466. The second-order valence-electron chi connectivity index (χ2n) is 14.5. The van der Waals surface area contributed by atoms with Crippen molar-refractivity contribution in [2.45, 2.75) is 26.2 Å². The highest BCUT2D eigenvalue weighted by Crippen LogP contribution is 2.47. The van der Waals surface area contributed by atoms with Crippen molar-refractivity contribution in [1.82, 2.24) is 0 Å². The molecule has 3 heteroatoms. The maximum atomic E-state index is 6.74. The minimum absolute atomic E-state index is 0.0466. The third-order valence-corrected chi connectivity index (χ3v) is 10.4. The highest BCUT2D eigenvalue weighted by molar-refractivity contribution is 6.28. The summed E-state index contributed by atoms with van der Waals surface area (Å²) in [6, 6.07) is 56.3. The zero-order chi connectivity index (χ0) is 34.3. The fourth-order valence-corrected chi connectivity index (χ4v) is 7.95. The first kappa shape index (κ1) is 29.6. The molecule has 0 atom stereocenters. The predicted octanol–water partition coefficient (Wildman–Crippen LogP) is 14.2. The number of para-hydroxylation sites is 1. The van der Waals surface area contributed by atoms with E-state index in [1.54, 1.807) is 0 Å². The standard InChI is InChI=1S/C48H35NO2/c1-48(2,3)40-19-11-18-39-37-26-25-34(28-43(37)51-47(39)40)49(33-23-20-31(21-24-33)30-12-5-4-6-13-30)41-29-44-46(38-17-10-9-16-36(38)41)45-35-15-8-7-14-32(35)22-27-42(45)50-44/h4-29H,1-3H3. The Bertz CT molecular complexity index is 2940. The summed E-state index contributed by atoms with van der Waals surface area (Å²) in [5.74, 6) is 0. The van der Waals surface area contributed by atoms with E-state index in [-0.39, 0.29) is 5.41 Å². The van der Waals surface area contributed by atoms with Gasteiger partial charge in [0.05, 0.1) is 5.69 Å². The average molecular weight is 658 g/mol. The van der Waals surface area contributed by atoms with Crippen LogP contribution in [-0.4, -0.2) is 0 Å². The highest BCUT2D eigenvalue weighted by Gasteiger charge is 2.24. The molecule has 0 unspecified atom stereocenters. The molecule has 0 saturated carbocycles. The van der Waals surface area contributed by atoms with Gasteiger partial charge >= 0.3 is 0 Å². The molecule has 0 amide bonds. The monoisotopic (exact) mass is 657 g/mol. The number of hydrogen-bond donors (Lipinski definition) is 0. The quantitative estimate of drug-likeness (QED) is 0.189. The fraction of sp³-hybridized carbons (Fsp3) is 0.0833. The molecule has 51 heavy (non-hydrogen) atoms. The lowest BCUT2D eigenvalue weighted by Crippen LogP contribution is -2.10. The Labute approximate surface area is 296 Å². The first-order valence-electron chi connectivity index (χ1n) is 17.6. The van der Waals surface area contributed by atoms with E-state index in [0.717, 1.165) is 71.7 Å². The van der Waals surface area contributed by atoms with E-state index in [1.165, 1.54) is 27.5 Å². The van der Waals surface area contributed by atoms with Crippen molar-refractivity contribution in [1.29, 1.82) is 0 Å². The number of anilines is 3. The Hall–Kier alpha value is -6.32. The van der Waals surface area contributed by atoms with Gasteiger partial charge in [0.25, 0.3) is 0 Å². The highest BCUT2D eigenvalue weighted by atomic mass is 16.3. The van der Waals surface area contributed by atoms with Crippen LogP contribution in [0.5, 0.6) is 0 Å². The van der Waals surface area contributed by atoms with E-state index in [0.29, 0.717) is 0 Å². The maximum Gasteiger partial charge on any atom is 0.139 e. The lowest BCUT2D eigenvalue weighted by atomic mass is 9.86. The Kier molecular flexibility index (Phi) is 6.44. The summed E-state index contributed by atoms with van der Waals surface area (Å²) in [5, 5.41) is 9.26. The van der Waals surface area contributed by atoms with Crippen LogP contribution in [0, 0.1) is 0 Å². The summed E-state index contributed by atoms with van der Waals surface area (Å²) >= 11 is 0. The van der Waals surface area contributed by atoms with Crippen LogP contribution in [0.3, 0.4) is 0 Å². The summed E-state index contributed by atoms with van der Waals surface area (Å²) in [7, 11) is 0. The van der Waals surface area contributed by atoms with Crippen molar-refractivity contribution >= 4 is 82.5 Å². The Morgan fingerprint density at radius 3 is 1.90 bits per heavy atom. The van der Waals surface area contributed by atoms with Crippen molar-refractivity contribution in [3.63, 3.8) is 0 Å². The SMILES string of the molecule is CC(C)(C)c1cccc2c1oc1cc(N(c3ccc(-c4ccccc4)cc3)c3cc4oc5ccc6ccccc6c5c4c4ccccc34)ccc12. The van der Waals surface area contributed by atoms with Crippen LogP contribution >= 0.6 is 0 Å². The second-order valence-corrected chi connectivity index (χ2v) is 14.5. The van der Waals surface area contributed by atoms with Crippen LogP contribution in [0.1, 0.15) is 26.3 Å². The number of fused-ring (bicyclic) bond motifs is 10. The molecule has 0 radical (unpaired) electrons. The smallest absolute Gasteiger partial charge is 0.139 e. The molecule has 244 valence electrons. The molecule has 2 heterocycles. The molecule has 8 aromatic carbocycles. The molecule has 3 nitrogen and oxygen atoms in total. The second kappa shape index (κ2) is 11.1. The largest absolute Gasteiger partial charge is 0.456 e. The van der Waals surface area contributed by atoms with Crippen LogP contribution < -0.4 is 4.90 Å². The van der Waals surface area contributed by atoms with Crippen LogP contribution in [0.25, 0.3) is 76.5 Å². The van der Waals surface area contributed by atoms with E-state index >= 15 is 0 Å². The lowest BCUT2D eigenvalue weighted by molar-refractivity contribution is 0.573. The third-order valence-electron chi connectivity index (χ3n) is 10.4. The number of nitrogens with zero attached hydrogens (tertiary/aromatic N) is 1. The molecule has 0 bridgehead atoms. The Morgan fingerprint density at radius 2 is 1.10 bits per heavy atom. The zero-order valence-electron chi connectivity index (χ0n) is 28.8. The number of benzene rings is 8. The summed E-state index contributed by atoms with van der Waals surface area (Å²) < 4.78 is 13.5. The van der Waals surface area contributed by atoms with Gasteiger partial charge in [-0.05, 0) is 63.0 Å². The molecule has 0 aliphatic rings. The average Bonchev–Trinajstić information content (AvgIpc) is 3.73. The summed E-state index contributed by atoms with van der Waals surface area (Å²) in [4.78, 5) is 2.35. The molecule has 0 fully saturated rings. The van der Waals surface area contributed by atoms with E-state index in [2.05, 4.69) is 183 Å². The molecule has 2 aromatic heterocycles. The first-order valence-corrected chi connectivity index (χ1v) is 17.6. The van der Waals surface area contributed by atoms with Crippen molar-refractivity contribution < 1.29 is 8.83 Å². The summed E-state index contributed by atoms with van der Waals surface area (Å²) in [6.45, 7) is 6.72. The zero-order valence-corrected chi connectivity index (χ0v) is 28.8. The summed E-state index contributed by atoms with van der Waals surface area (Å²) in [5.41, 5.74) is 10.2. The van der Waals surface area contributed by atoms with Crippen LogP contribution in [0.15, 0.2) is 167 Å². The van der Waals surface area contributed by atoms with Crippen LogP contribution in [0.4, 0.5) is 17.1 Å². The van der Waals surface area contributed by atoms with Gasteiger partial charge in [-0.3, -0.25) is 0 Å². The molecular formula is C48H35NO2. The number of hydrogen-bond acceptors (Lipinski definition) is 3. The molecule has 10 rings (SSSR count). The predicted molar refractivity (Wildman–Crippen MR) is 215 cm³/mol. The van der Waals surface area contributed by atoms with E-state index in [4.69, 9.17) is 8.83 Å². The van der Waals surface area contributed by atoms with Gasteiger partial charge in [-0.25, -0.2) is 0 Å². The number of furan rings is 2. The van der Waals surface area contributed by atoms with Crippen molar-refractivity contribution in [3.8, 4) is 11.1 Å². The van der Waals surface area contributed by atoms with Crippen LogP contribution in [0.2, 0.25) is 0 Å². The van der Waals surface area contributed by atoms with Crippen molar-refractivity contribution in [3.05, 3.63) is 163 Å². The Morgan fingerprint density at radius 1 is 0.431 bits per heavy atom. The van der Waals surface area contributed by atoms with Gasteiger partial charge in [0.1, 0.15) is 22.3 Å². The van der Waals surface area contributed by atoms with Gasteiger partial charge in [-0.1, -0.05) is 136 Å². The van der Waals surface area contributed by atoms with Gasteiger partial charge < -0.3 is 13.7 Å². The molecule has 0 N–H and O–H groups in total.